The van der Waals surface area contributed by atoms with Crippen molar-refractivity contribution in [3.63, 3.8) is 0 Å². The molecule has 0 radical (unpaired) electrons. The number of carbonyl (C=O) groups is 1. The smallest absolute Gasteiger partial charge is 0.226 e. The van der Waals surface area contributed by atoms with Gasteiger partial charge < -0.3 is 10.4 Å². The number of amides is 1. The number of rotatable bonds is 5. The monoisotopic (exact) mass is 259 g/mol. The average molecular weight is 259 g/mol. The number of aromatic nitrogens is 2. The Balaban J connectivity index is 1.81. The standard InChI is InChI=1S/C14H17N3O2/c1-10-2-4-11(5-3-10)13(18)9-15-14(19)8-12-6-7-16-17-12/h2-7,13,18H,8-9H2,1H3,(H,15,19)(H,16,17). The van der Waals surface area contributed by atoms with Crippen molar-refractivity contribution in [3.8, 4) is 0 Å². The molecular formula is C14H17N3O2. The third-order valence-corrected chi connectivity index (χ3v) is 2.86. The molecule has 2 aromatic rings. The van der Waals surface area contributed by atoms with Gasteiger partial charge >= 0.3 is 0 Å². The van der Waals surface area contributed by atoms with Crippen molar-refractivity contribution in [1.82, 2.24) is 15.5 Å². The predicted octanol–water partition coefficient (Wildman–Crippen LogP) is 1.11. The minimum atomic E-state index is -0.689. The molecule has 1 heterocycles. The van der Waals surface area contributed by atoms with Crippen LogP contribution in [0.2, 0.25) is 0 Å². The normalized spacial score (nSPS) is 12.1. The van der Waals surface area contributed by atoms with Gasteiger partial charge in [-0.3, -0.25) is 9.89 Å². The second kappa shape index (κ2) is 6.15. The molecule has 2 rings (SSSR count). The molecule has 0 aliphatic carbocycles. The number of aliphatic hydroxyl groups is 1. The molecule has 1 unspecified atom stereocenters. The summed E-state index contributed by atoms with van der Waals surface area (Å²) < 4.78 is 0. The summed E-state index contributed by atoms with van der Waals surface area (Å²) in [6.45, 7) is 2.19. The van der Waals surface area contributed by atoms with Crippen molar-refractivity contribution in [2.24, 2.45) is 0 Å². The highest BCUT2D eigenvalue weighted by Crippen LogP contribution is 2.12. The number of hydrogen-bond acceptors (Lipinski definition) is 3. The molecule has 1 aromatic heterocycles. The minimum Gasteiger partial charge on any atom is -0.387 e. The van der Waals surface area contributed by atoms with Crippen LogP contribution in [0.1, 0.15) is 22.9 Å². The first-order valence-electron chi connectivity index (χ1n) is 6.15. The topological polar surface area (TPSA) is 78.0 Å². The van der Waals surface area contributed by atoms with Crippen LogP contribution in [0.4, 0.5) is 0 Å². The summed E-state index contributed by atoms with van der Waals surface area (Å²) in [7, 11) is 0. The molecular weight excluding hydrogens is 242 g/mol. The highest BCUT2D eigenvalue weighted by atomic mass is 16.3. The number of aromatic amines is 1. The predicted molar refractivity (Wildman–Crippen MR) is 71.4 cm³/mol. The van der Waals surface area contributed by atoms with E-state index in [1.165, 1.54) is 0 Å². The van der Waals surface area contributed by atoms with E-state index >= 15 is 0 Å². The Bertz CT molecular complexity index is 520. The highest BCUT2D eigenvalue weighted by molar-refractivity contribution is 5.78. The molecule has 0 aliphatic rings. The van der Waals surface area contributed by atoms with Gasteiger partial charge in [0.05, 0.1) is 12.5 Å². The largest absolute Gasteiger partial charge is 0.387 e. The molecule has 5 heteroatoms. The van der Waals surface area contributed by atoms with E-state index in [1.807, 2.05) is 31.2 Å². The second-order valence-corrected chi connectivity index (χ2v) is 4.49. The lowest BCUT2D eigenvalue weighted by atomic mass is 10.1. The van der Waals surface area contributed by atoms with Crippen LogP contribution in [-0.2, 0) is 11.2 Å². The zero-order valence-electron chi connectivity index (χ0n) is 10.8. The van der Waals surface area contributed by atoms with Crippen LogP contribution < -0.4 is 5.32 Å². The molecule has 0 fully saturated rings. The van der Waals surface area contributed by atoms with Gasteiger partial charge in [0.2, 0.25) is 5.91 Å². The molecule has 19 heavy (non-hydrogen) atoms. The first-order chi connectivity index (χ1) is 9.15. The molecule has 3 N–H and O–H groups in total. The maximum Gasteiger partial charge on any atom is 0.226 e. The fourth-order valence-electron chi connectivity index (χ4n) is 1.74. The molecule has 1 atom stereocenters. The van der Waals surface area contributed by atoms with Crippen molar-refractivity contribution >= 4 is 5.91 Å². The maximum absolute atomic E-state index is 11.6. The van der Waals surface area contributed by atoms with Crippen LogP contribution in [0.15, 0.2) is 36.5 Å². The lowest BCUT2D eigenvalue weighted by Gasteiger charge is -2.12. The van der Waals surface area contributed by atoms with E-state index in [0.29, 0.717) is 0 Å². The van der Waals surface area contributed by atoms with E-state index in [2.05, 4.69) is 15.5 Å². The van der Waals surface area contributed by atoms with E-state index < -0.39 is 6.10 Å². The molecule has 0 saturated carbocycles. The van der Waals surface area contributed by atoms with E-state index in [4.69, 9.17) is 0 Å². The number of aryl methyl sites for hydroxylation is 1. The van der Waals surface area contributed by atoms with Gasteiger partial charge in [0.25, 0.3) is 0 Å². The Morgan fingerprint density at radius 3 is 2.74 bits per heavy atom. The van der Waals surface area contributed by atoms with Crippen LogP contribution in [0, 0.1) is 6.92 Å². The third-order valence-electron chi connectivity index (χ3n) is 2.86. The Hall–Kier alpha value is -2.14. The quantitative estimate of drug-likeness (QED) is 0.752. The number of H-pyrrole nitrogens is 1. The molecule has 0 spiro atoms. The molecule has 100 valence electrons. The molecule has 0 bridgehead atoms. The lowest BCUT2D eigenvalue weighted by molar-refractivity contribution is -0.120. The Labute approximate surface area is 111 Å². The Morgan fingerprint density at radius 2 is 2.11 bits per heavy atom. The Kier molecular flexibility index (Phi) is 4.30. The summed E-state index contributed by atoms with van der Waals surface area (Å²) in [6.07, 6.45) is 1.15. The van der Waals surface area contributed by atoms with Crippen molar-refractivity contribution in [1.29, 1.82) is 0 Å². The van der Waals surface area contributed by atoms with Crippen molar-refractivity contribution in [2.45, 2.75) is 19.4 Å². The van der Waals surface area contributed by atoms with Gasteiger partial charge in [-0.1, -0.05) is 29.8 Å². The summed E-state index contributed by atoms with van der Waals surface area (Å²) in [5.41, 5.74) is 2.69. The average Bonchev–Trinajstić information content (AvgIpc) is 2.89. The van der Waals surface area contributed by atoms with Crippen LogP contribution in [0.25, 0.3) is 0 Å². The first-order valence-corrected chi connectivity index (χ1v) is 6.15. The molecule has 0 saturated heterocycles. The first kappa shape index (κ1) is 13.3. The van der Waals surface area contributed by atoms with Gasteiger partial charge in [0.15, 0.2) is 0 Å². The fraction of sp³-hybridized carbons (Fsp3) is 0.286. The van der Waals surface area contributed by atoms with Gasteiger partial charge in [-0.2, -0.15) is 5.10 Å². The van der Waals surface area contributed by atoms with E-state index in [1.54, 1.807) is 12.3 Å². The summed E-state index contributed by atoms with van der Waals surface area (Å²) in [5.74, 6) is -0.143. The van der Waals surface area contributed by atoms with Gasteiger partial charge in [-0.15, -0.1) is 0 Å². The summed E-state index contributed by atoms with van der Waals surface area (Å²) in [5, 5.41) is 19.1. The molecule has 1 amide bonds. The molecule has 1 aromatic carbocycles. The van der Waals surface area contributed by atoms with E-state index in [0.717, 1.165) is 16.8 Å². The molecule has 5 nitrogen and oxygen atoms in total. The van der Waals surface area contributed by atoms with Gasteiger partial charge in [0.1, 0.15) is 0 Å². The lowest BCUT2D eigenvalue weighted by Crippen LogP contribution is -2.29. The number of nitrogens with one attached hydrogen (secondary N) is 2. The van der Waals surface area contributed by atoms with Crippen LogP contribution >= 0.6 is 0 Å². The van der Waals surface area contributed by atoms with E-state index in [-0.39, 0.29) is 18.9 Å². The maximum atomic E-state index is 11.6. The number of hydrogen-bond donors (Lipinski definition) is 3. The number of aliphatic hydroxyl groups excluding tert-OH is 1. The zero-order valence-corrected chi connectivity index (χ0v) is 10.8. The number of carbonyl (C=O) groups excluding carboxylic acids is 1. The van der Waals surface area contributed by atoms with E-state index in [9.17, 15) is 9.90 Å². The summed E-state index contributed by atoms with van der Waals surface area (Å²) in [4.78, 5) is 11.6. The fourth-order valence-corrected chi connectivity index (χ4v) is 1.74. The van der Waals surface area contributed by atoms with Gasteiger partial charge in [-0.25, -0.2) is 0 Å². The summed E-state index contributed by atoms with van der Waals surface area (Å²) in [6, 6.07) is 9.34. The van der Waals surface area contributed by atoms with Crippen molar-refractivity contribution in [3.05, 3.63) is 53.3 Å². The van der Waals surface area contributed by atoms with Crippen LogP contribution in [0.3, 0.4) is 0 Å². The molecule has 0 aliphatic heterocycles. The van der Waals surface area contributed by atoms with Crippen molar-refractivity contribution in [2.75, 3.05) is 6.54 Å². The van der Waals surface area contributed by atoms with Gasteiger partial charge in [0, 0.05) is 18.4 Å². The minimum absolute atomic E-state index is 0.143. The number of nitrogens with zero attached hydrogens (tertiary/aromatic N) is 1. The summed E-state index contributed by atoms with van der Waals surface area (Å²) >= 11 is 0. The van der Waals surface area contributed by atoms with Crippen molar-refractivity contribution < 1.29 is 9.90 Å². The van der Waals surface area contributed by atoms with Crippen LogP contribution in [-0.4, -0.2) is 27.8 Å². The zero-order chi connectivity index (χ0) is 13.7. The van der Waals surface area contributed by atoms with Crippen LogP contribution in [0.5, 0.6) is 0 Å². The van der Waals surface area contributed by atoms with Gasteiger partial charge in [-0.05, 0) is 18.6 Å². The second-order valence-electron chi connectivity index (χ2n) is 4.49. The SMILES string of the molecule is Cc1ccc(C(O)CNC(=O)Cc2ccn[nH]2)cc1. The Morgan fingerprint density at radius 1 is 1.37 bits per heavy atom. The number of benzene rings is 1. The third kappa shape index (κ3) is 3.93. The highest BCUT2D eigenvalue weighted by Gasteiger charge is 2.10.